The van der Waals surface area contributed by atoms with Gasteiger partial charge in [-0.15, -0.1) is 0 Å². The van der Waals surface area contributed by atoms with E-state index in [1.165, 1.54) is 0 Å². The summed E-state index contributed by atoms with van der Waals surface area (Å²) in [6.45, 7) is 0. The summed E-state index contributed by atoms with van der Waals surface area (Å²) >= 11 is 0. The van der Waals surface area contributed by atoms with Crippen molar-refractivity contribution < 1.29 is 9.59 Å². The number of carbonyl (C=O) groups is 2. The van der Waals surface area contributed by atoms with Gasteiger partial charge in [-0.25, -0.2) is 0 Å². The summed E-state index contributed by atoms with van der Waals surface area (Å²) in [5.41, 5.74) is 6.55. The van der Waals surface area contributed by atoms with Gasteiger partial charge in [-0.2, -0.15) is 0 Å². The number of hydrogen-bond donors (Lipinski definition) is 1. The van der Waals surface area contributed by atoms with Gasteiger partial charge in [-0.05, 0) is 58.7 Å². The van der Waals surface area contributed by atoms with Crippen molar-refractivity contribution in [3.63, 3.8) is 0 Å². The zero-order chi connectivity index (χ0) is 20.9. The van der Waals surface area contributed by atoms with E-state index < -0.39 is 0 Å². The van der Waals surface area contributed by atoms with Crippen LogP contribution in [-0.2, 0) is 0 Å². The van der Waals surface area contributed by atoms with Gasteiger partial charge in [-0.1, -0.05) is 36.4 Å². The van der Waals surface area contributed by atoms with Crippen LogP contribution in [0.4, 0.5) is 0 Å². The second kappa shape index (κ2) is 6.57. The van der Waals surface area contributed by atoms with Crippen LogP contribution in [0, 0.1) is 0 Å². The average Bonchev–Trinajstić information content (AvgIpc) is 3.11. The number of fused-ring (bicyclic) bond motifs is 4. The third-order valence-electron chi connectivity index (χ3n) is 5.70. The van der Waals surface area contributed by atoms with E-state index in [0.717, 1.165) is 44.1 Å². The lowest BCUT2D eigenvalue weighted by atomic mass is 9.94. The highest BCUT2D eigenvalue weighted by molar-refractivity contribution is 6.22. The molecule has 0 unspecified atom stereocenters. The van der Waals surface area contributed by atoms with E-state index in [4.69, 9.17) is 0 Å². The van der Waals surface area contributed by atoms with Crippen molar-refractivity contribution >= 4 is 33.6 Å². The van der Waals surface area contributed by atoms with Gasteiger partial charge in [0, 0.05) is 23.2 Å². The maximum Gasteiger partial charge on any atom is 0.258 e. The Morgan fingerprint density at radius 2 is 1.32 bits per heavy atom. The fourth-order valence-electron chi connectivity index (χ4n) is 4.23. The van der Waals surface area contributed by atoms with Crippen molar-refractivity contribution in [2.24, 2.45) is 0 Å². The van der Waals surface area contributed by atoms with Crippen LogP contribution < -0.4 is 5.32 Å². The SMILES string of the molecule is O=C1NC(=O)c2cc(-c3cccc(-c4cc5cccnc5c5ncccc45)c3)ccc21. The largest absolute Gasteiger partial charge is 0.288 e. The monoisotopic (exact) mass is 401 g/mol. The number of aromatic nitrogens is 2. The number of imide groups is 1. The zero-order valence-electron chi connectivity index (χ0n) is 16.3. The van der Waals surface area contributed by atoms with Crippen molar-refractivity contribution in [2.75, 3.05) is 0 Å². The van der Waals surface area contributed by atoms with Crippen LogP contribution in [-0.4, -0.2) is 21.8 Å². The Balaban J connectivity index is 1.54. The minimum atomic E-state index is -0.350. The second-order valence-electron chi connectivity index (χ2n) is 7.52. The Hall–Kier alpha value is -4.38. The zero-order valence-corrected chi connectivity index (χ0v) is 16.3. The molecule has 1 aliphatic rings. The molecule has 146 valence electrons. The number of benzene rings is 3. The third kappa shape index (κ3) is 2.71. The first kappa shape index (κ1) is 17.5. The maximum atomic E-state index is 12.1. The van der Waals surface area contributed by atoms with Crippen LogP contribution in [0.3, 0.4) is 0 Å². The van der Waals surface area contributed by atoms with Crippen LogP contribution in [0.15, 0.2) is 85.2 Å². The van der Waals surface area contributed by atoms with E-state index >= 15 is 0 Å². The first-order chi connectivity index (χ1) is 15.2. The molecule has 0 radical (unpaired) electrons. The van der Waals surface area contributed by atoms with Crippen molar-refractivity contribution in [2.45, 2.75) is 0 Å². The molecule has 0 saturated carbocycles. The fourth-order valence-corrected chi connectivity index (χ4v) is 4.23. The van der Waals surface area contributed by atoms with Gasteiger partial charge in [0.25, 0.3) is 11.8 Å². The van der Waals surface area contributed by atoms with E-state index in [9.17, 15) is 9.59 Å². The lowest BCUT2D eigenvalue weighted by Gasteiger charge is -2.11. The molecule has 2 aromatic heterocycles. The van der Waals surface area contributed by atoms with Crippen molar-refractivity contribution in [1.82, 2.24) is 15.3 Å². The minimum absolute atomic E-state index is 0.343. The number of nitrogens with one attached hydrogen (secondary N) is 1. The Kier molecular flexibility index (Phi) is 3.70. The molecule has 5 nitrogen and oxygen atoms in total. The number of amides is 2. The molecule has 0 atom stereocenters. The molecule has 5 heteroatoms. The summed E-state index contributed by atoms with van der Waals surface area (Å²) in [6, 6.07) is 23.6. The highest BCUT2D eigenvalue weighted by Crippen LogP contribution is 2.35. The number of nitrogens with zero attached hydrogens (tertiary/aromatic N) is 2. The molecule has 0 bridgehead atoms. The standard InChI is InChI=1S/C26H15N3O2/c30-25-20-9-8-16(13-22(20)26(31)29-25)15-4-1-5-17(12-15)21-14-18-6-2-10-27-23(18)24-19(21)7-3-11-28-24/h1-14H,(H,29,30,31). The minimum Gasteiger partial charge on any atom is -0.288 e. The molecule has 6 rings (SSSR count). The van der Waals surface area contributed by atoms with Crippen LogP contribution in [0.25, 0.3) is 44.1 Å². The van der Waals surface area contributed by atoms with Crippen LogP contribution in [0.2, 0.25) is 0 Å². The molecule has 0 aliphatic carbocycles. The first-order valence-corrected chi connectivity index (χ1v) is 9.92. The van der Waals surface area contributed by atoms with Gasteiger partial charge in [0.05, 0.1) is 22.2 Å². The van der Waals surface area contributed by atoms with Gasteiger partial charge >= 0.3 is 0 Å². The van der Waals surface area contributed by atoms with Crippen molar-refractivity contribution in [3.05, 3.63) is 96.3 Å². The predicted octanol–water partition coefficient (Wildman–Crippen LogP) is 5.00. The molecule has 5 aromatic rings. The molecule has 2 amide bonds. The van der Waals surface area contributed by atoms with E-state index in [1.54, 1.807) is 24.5 Å². The molecular weight excluding hydrogens is 386 g/mol. The van der Waals surface area contributed by atoms with E-state index in [-0.39, 0.29) is 11.8 Å². The topological polar surface area (TPSA) is 72.0 Å². The molecule has 3 aromatic carbocycles. The third-order valence-corrected chi connectivity index (χ3v) is 5.70. The maximum absolute atomic E-state index is 12.1. The van der Waals surface area contributed by atoms with Gasteiger partial charge < -0.3 is 0 Å². The summed E-state index contributed by atoms with van der Waals surface area (Å²) in [5.74, 6) is -0.693. The number of rotatable bonds is 2. The number of hydrogen-bond acceptors (Lipinski definition) is 4. The van der Waals surface area contributed by atoms with Crippen LogP contribution in [0.1, 0.15) is 20.7 Å². The van der Waals surface area contributed by atoms with E-state index in [2.05, 4.69) is 39.6 Å². The predicted molar refractivity (Wildman–Crippen MR) is 120 cm³/mol. The lowest BCUT2D eigenvalue weighted by molar-refractivity contribution is 0.0879. The molecule has 31 heavy (non-hydrogen) atoms. The van der Waals surface area contributed by atoms with Gasteiger partial charge in [0.1, 0.15) is 0 Å². The quantitative estimate of drug-likeness (QED) is 0.334. The van der Waals surface area contributed by atoms with Crippen molar-refractivity contribution in [3.8, 4) is 22.3 Å². The Morgan fingerprint density at radius 1 is 0.581 bits per heavy atom. The summed E-state index contributed by atoms with van der Waals surface area (Å²) in [7, 11) is 0. The summed E-state index contributed by atoms with van der Waals surface area (Å²) in [6.07, 6.45) is 3.57. The molecule has 1 N–H and O–H groups in total. The summed E-state index contributed by atoms with van der Waals surface area (Å²) in [5, 5.41) is 4.41. The first-order valence-electron chi connectivity index (χ1n) is 9.92. The van der Waals surface area contributed by atoms with Gasteiger partial charge in [0.15, 0.2) is 0 Å². The van der Waals surface area contributed by atoms with Gasteiger partial charge in [0.2, 0.25) is 0 Å². The second-order valence-corrected chi connectivity index (χ2v) is 7.52. The molecule has 0 spiro atoms. The van der Waals surface area contributed by atoms with E-state index in [1.807, 2.05) is 36.4 Å². The molecular formula is C26H15N3O2. The molecule has 0 saturated heterocycles. The van der Waals surface area contributed by atoms with Crippen LogP contribution >= 0.6 is 0 Å². The van der Waals surface area contributed by atoms with Crippen LogP contribution in [0.5, 0.6) is 0 Å². The van der Waals surface area contributed by atoms with E-state index in [0.29, 0.717) is 11.1 Å². The Labute approximate surface area is 177 Å². The number of pyridine rings is 2. The highest BCUT2D eigenvalue weighted by atomic mass is 16.2. The summed E-state index contributed by atoms with van der Waals surface area (Å²) in [4.78, 5) is 33.0. The molecule has 0 fully saturated rings. The molecule has 1 aliphatic heterocycles. The lowest BCUT2D eigenvalue weighted by Crippen LogP contribution is -2.19. The Morgan fingerprint density at radius 3 is 2.23 bits per heavy atom. The van der Waals surface area contributed by atoms with Crippen molar-refractivity contribution in [1.29, 1.82) is 0 Å². The average molecular weight is 401 g/mol. The normalized spacial score (nSPS) is 12.9. The number of carbonyl (C=O) groups excluding carboxylic acids is 2. The smallest absolute Gasteiger partial charge is 0.258 e. The fraction of sp³-hybridized carbons (Fsp3) is 0. The summed E-state index contributed by atoms with van der Waals surface area (Å²) < 4.78 is 0. The molecule has 3 heterocycles. The Bertz CT molecular complexity index is 1560. The van der Waals surface area contributed by atoms with Gasteiger partial charge in [-0.3, -0.25) is 24.9 Å². The highest BCUT2D eigenvalue weighted by Gasteiger charge is 2.26.